The van der Waals surface area contributed by atoms with Crippen LogP contribution in [0.25, 0.3) is 21.7 Å². The lowest BCUT2D eigenvalue weighted by Gasteiger charge is -2.03. The highest BCUT2D eigenvalue weighted by molar-refractivity contribution is 7.18. The van der Waals surface area contributed by atoms with Gasteiger partial charge in [0.15, 0.2) is 6.61 Å². The van der Waals surface area contributed by atoms with Gasteiger partial charge in [0.25, 0.3) is 5.91 Å². The highest BCUT2D eigenvalue weighted by Gasteiger charge is 2.14. The predicted molar refractivity (Wildman–Crippen MR) is 107 cm³/mol. The zero-order chi connectivity index (χ0) is 20.1. The maximum absolute atomic E-state index is 11.9. The standard InChI is InChI=1S/C20H16N4O4S/c25-16(22-20-24-23-19(28-20)13-6-2-1-3-7-13)12-27-18(26)11-10-17-21-14-8-4-5-9-15(14)29-17/h1-9H,10-12H2,(H,22,24,25). The summed E-state index contributed by atoms with van der Waals surface area (Å²) >= 11 is 1.54. The quantitative estimate of drug-likeness (QED) is 0.467. The van der Waals surface area contributed by atoms with Crippen LogP contribution < -0.4 is 5.32 Å². The lowest BCUT2D eigenvalue weighted by atomic mass is 10.2. The molecule has 146 valence electrons. The molecule has 2 aromatic carbocycles. The van der Waals surface area contributed by atoms with E-state index < -0.39 is 18.5 Å². The Morgan fingerprint density at radius 3 is 2.66 bits per heavy atom. The van der Waals surface area contributed by atoms with Crippen LogP contribution in [0.4, 0.5) is 6.01 Å². The lowest BCUT2D eigenvalue weighted by Crippen LogP contribution is -2.21. The largest absolute Gasteiger partial charge is 0.456 e. The summed E-state index contributed by atoms with van der Waals surface area (Å²) in [5.74, 6) is -0.745. The Morgan fingerprint density at radius 1 is 1.03 bits per heavy atom. The normalized spacial score (nSPS) is 10.8. The van der Waals surface area contributed by atoms with Crippen LogP contribution in [0.3, 0.4) is 0 Å². The van der Waals surface area contributed by atoms with E-state index in [9.17, 15) is 9.59 Å². The number of ether oxygens (including phenoxy) is 1. The number of nitrogens with zero attached hydrogens (tertiary/aromatic N) is 3. The van der Waals surface area contributed by atoms with Gasteiger partial charge in [0, 0.05) is 12.0 Å². The van der Waals surface area contributed by atoms with E-state index in [1.807, 2.05) is 54.6 Å². The smallest absolute Gasteiger partial charge is 0.322 e. The molecule has 1 N–H and O–H groups in total. The van der Waals surface area contributed by atoms with Crippen LogP contribution in [0, 0.1) is 0 Å². The van der Waals surface area contributed by atoms with Crippen LogP contribution in [0.5, 0.6) is 0 Å². The summed E-state index contributed by atoms with van der Waals surface area (Å²) in [6.07, 6.45) is 0.607. The van der Waals surface area contributed by atoms with Crippen molar-refractivity contribution in [2.24, 2.45) is 0 Å². The van der Waals surface area contributed by atoms with Crippen LogP contribution >= 0.6 is 11.3 Å². The third-order valence-electron chi connectivity index (χ3n) is 3.94. The van der Waals surface area contributed by atoms with E-state index in [-0.39, 0.29) is 18.3 Å². The highest BCUT2D eigenvalue weighted by Crippen LogP contribution is 2.22. The van der Waals surface area contributed by atoms with Crippen molar-refractivity contribution in [1.82, 2.24) is 15.2 Å². The number of para-hydroxylation sites is 1. The maximum atomic E-state index is 11.9. The van der Waals surface area contributed by atoms with Crippen molar-refractivity contribution in [3.63, 3.8) is 0 Å². The molecule has 9 heteroatoms. The molecule has 2 heterocycles. The first-order valence-electron chi connectivity index (χ1n) is 8.86. The van der Waals surface area contributed by atoms with Gasteiger partial charge in [-0.25, -0.2) is 4.98 Å². The van der Waals surface area contributed by atoms with Gasteiger partial charge in [0.2, 0.25) is 5.89 Å². The van der Waals surface area contributed by atoms with Crippen molar-refractivity contribution in [2.45, 2.75) is 12.8 Å². The Hall–Kier alpha value is -3.59. The van der Waals surface area contributed by atoms with Crippen LogP contribution in [0.2, 0.25) is 0 Å². The van der Waals surface area contributed by atoms with Gasteiger partial charge in [-0.3, -0.25) is 14.9 Å². The van der Waals surface area contributed by atoms with E-state index >= 15 is 0 Å². The molecule has 0 aliphatic carbocycles. The second-order valence-corrected chi connectivity index (χ2v) is 7.18. The molecule has 0 bridgehead atoms. The van der Waals surface area contributed by atoms with Crippen molar-refractivity contribution in [2.75, 3.05) is 11.9 Å². The first-order chi connectivity index (χ1) is 14.2. The van der Waals surface area contributed by atoms with E-state index in [1.165, 1.54) is 0 Å². The zero-order valence-electron chi connectivity index (χ0n) is 15.2. The number of esters is 1. The van der Waals surface area contributed by atoms with Gasteiger partial charge in [0.05, 0.1) is 21.6 Å². The molecular weight excluding hydrogens is 392 g/mol. The van der Waals surface area contributed by atoms with Crippen LogP contribution in [-0.4, -0.2) is 33.7 Å². The number of anilines is 1. The van der Waals surface area contributed by atoms with Crippen LogP contribution in [-0.2, 0) is 20.7 Å². The number of amides is 1. The van der Waals surface area contributed by atoms with Gasteiger partial charge in [-0.05, 0) is 24.3 Å². The Morgan fingerprint density at radius 2 is 1.83 bits per heavy atom. The summed E-state index contributed by atoms with van der Waals surface area (Å²) in [6, 6.07) is 16.9. The lowest BCUT2D eigenvalue weighted by molar-refractivity contribution is -0.147. The van der Waals surface area contributed by atoms with E-state index in [1.54, 1.807) is 11.3 Å². The minimum Gasteiger partial charge on any atom is -0.456 e. The van der Waals surface area contributed by atoms with Gasteiger partial charge in [-0.15, -0.1) is 16.4 Å². The molecule has 2 aromatic heterocycles. The third-order valence-corrected chi connectivity index (χ3v) is 5.03. The Kier molecular flexibility index (Phi) is 5.57. The molecule has 0 saturated heterocycles. The zero-order valence-corrected chi connectivity index (χ0v) is 16.0. The molecule has 0 saturated carbocycles. The molecule has 1 amide bonds. The second-order valence-electron chi connectivity index (χ2n) is 6.06. The average molecular weight is 408 g/mol. The summed E-state index contributed by atoms with van der Waals surface area (Å²) in [4.78, 5) is 28.3. The van der Waals surface area contributed by atoms with Crippen molar-refractivity contribution < 1.29 is 18.7 Å². The van der Waals surface area contributed by atoms with Crippen LogP contribution in [0.1, 0.15) is 11.4 Å². The average Bonchev–Trinajstić information content (AvgIpc) is 3.38. The number of nitrogens with one attached hydrogen (secondary N) is 1. The van der Waals surface area contributed by atoms with Gasteiger partial charge in [-0.2, -0.15) is 0 Å². The molecule has 0 radical (unpaired) electrons. The topological polar surface area (TPSA) is 107 Å². The molecule has 4 rings (SSSR count). The Balaban J connectivity index is 1.23. The molecule has 0 fully saturated rings. The molecular formula is C20H16N4O4S. The first kappa shape index (κ1) is 18.8. The summed E-state index contributed by atoms with van der Waals surface area (Å²) in [7, 11) is 0. The fourth-order valence-electron chi connectivity index (χ4n) is 2.58. The number of carbonyl (C=O) groups is 2. The number of aromatic nitrogens is 3. The van der Waals surface area contributed by atoms with Gasteiger partial charge in [-0.1, -0.05) is 35.4 Å². The first-order valence-corrected chi connectivity index (χ1v) is 9.68. The molecule has 0 aliphatic rings. The van der Waals surface area contributed by atoms with Crippen LogP contribution in [0.15, 0.2) is 59.0 Å². The number of aryl methyl sites for hydroxylation is 1. The molecule has 0 atom stereocenters. The predicted octanol–water partition coefficient (Wildman–Crippen LogP) is 3.46. The van der Waals surface area contributed by atoms with Crippen molar-refractivity contribution in [3.8, 4) is 11.5 Å². The molecule has 0 spiro atoms. The Bertz CT molecular complexity index is 1110. The maximum Gasteiger partial charge on any atom is 0.322 e. The van der Waals surface area contributed by atoms with E-state index in [0.717, 1.165) is 20.8 Å². The molecule has 4 aromatic rings. The monoisotopic (exact) mass is 408 g/mol. The summed E-state index contributed by atoms with van der Waals surface area (Å²) in [5, 5.41) is 10.9. The fourth-order valence-corrected chi connectivity index (χ4v) is 3.55. The van der Waals surface area contributed by atoms with Crippen molar-refractivity contribution in [1.29, 1.82) is 0 Å². The minimum atomic E-state index is -0.554. The van der Waals surface area contributed by atoms with Crippen molar-refractivity contribution in [3.05, 3.63) is 59.6 Å². The number of carbonyl (C=O) groups excluding carboxylic acids is 2. The number of fused-ring (bicyclic) bond motifs is 1. The minimum absolute atomic E-state index is 0.0561. The summed E-state index contributed by atoms with van der Waals surface area (Å²) < 4.78 is 11.5. The fraction of sp³-hybridized carbons (Fsp3) is 0.150. The SMILES string of the molecule is O=C(COC(=O)CCc1nc2ccccc2s1)Nc1nnc(-c2ccccc2)o1. The van der Waals surface area contributed by atoms with E-state index in [0.29, 0.717) is 6.42 Å². The van der Waals surface area contributed by atoms with Gasteiger partial charge < -0.3 is 9.15 Å². The number of hydrogen-bond acceptors (Lipinski definition) is 8. The Labute approximate surface area is 169 Å². The van der Waals surface area contributed by atoms with Gasteiger partial charge in [0.1, 0.15) is 0 Å². The molecule has 29 heavy (non-hydrogen) atoms. The molecule has 8 nitrogen and oxygen atoms in total. The number of hydrogen-bond donors (Lipinski definition) is 1. The number of rotatable bonds is 7. The van der Waals surface area contributed by atoms with E-state index in [2.05, 4.69) is 20.5 Å². The second kappa shape index (κ2) is 8.61. The number of benzene rings is 2. The third kappa shape index (κ3) is 4.82. The highest BCUT2D eigenvalue weighted by atomic mass is 32.1. The van der Waals surface area contributed by atoms with E-state index in [4.69, 9.17) is 9.15 Å². The van der Waals surface area contributed by atoms with Crippen molar-refractivity contribution >= 4 is 39.4 Å². The summed E-state index contributed by atoms with van der Waals surface area (Å²) in [6.45, 7) is -0.429. The summed E-state index contributed by atoms with van der Waals surface area (Å²) in [5.41, 5.74) is 1.65. The van der Waals surface area contributed by atoms with Gasteiger partial charge >= 0.3 is 12.0 Å². The molecule has 0 unspecified atom stereocenters. The molecule has 0 aliphatic heterocycles. The number of thiazole rings is 1.